The number of aromatic amines is 1. The molecule has 1 unspecified atom stereocenters. The van der Waals surface area contributed by atoms with Crippen molar-refractivity contribution in [2.45, 2.75) is 51.2 Å². The maximum atomic E-state index is 4.29. The Morgan fingerprint density at radius 3 is 2.75 bits per heavy atom. The molecule has 1 atom stereocenters. The first-order valence-electron chi connectivity index (χ1n) is 6.01. The third-order valence-corrected chi connectivity index (χ3v) is 3.32. The Balaban J connectivity index is 2.30. The number of aryl methyl sites for hydroxylation is 1. The summed E-state index contributed by atoms with van der Waals surface area (Å²) in [5, 5.41) is 11.4. The van der Waals surface area contributed by atoms with E-state index < -0.39 is 0 Å². The van der Waals surface area contributed by atoms with Crippen LogP contribution in [0.2, 0.25) is 0 Å². The fraction of sp³-hybridized carbons (Fsp3) is 0.818. The molecule has 2 N–H and O–H groups in total. The van der Waals surface area contributed by atoms with Crippen molar-refractivity contribution in [1.29, 1.82) is 0 Å². The van der Waals surface area contributed by atoms with Crippen molar-refractivity contribution >= 4 is 11.8 Å². The lowest BCUT2D eigenvalue weighted by atomic mass is 10.2. The number of nitrogens with one attached hydrogen (secondary N) is 2. The molecule has 1 rings (SSSR count). The summed E-state index contributed by atoms with van der Waals surface area (Å²) in [4.78, 5) is 4.29. The minimum atomic E-state index is 0.578. The van der Waals surface area contributed by atoms with Crippen LogP contribution in [0.15, 0.2) is 5.16 Å². The molecule has 4 nitrogen and oxygen atoms in total. The lowest BCUT2D eigenvalue weighted by molar-refractivity contribution is 0.514. The van der Waals surface area contributed by atoms with Gasteiger partial charge >= 0.3 is 0 Å². The minimum absolute atomic E-state index is 0.578. The van der Waals surface area contributed by atoms with E-state index in [-0.39, 0.29) is 0 Å². The molecule has 1 heterocycles. The molecule has 0 saturated heterocycles. The van der Waals surface area contributed by atoms with Gasteiger partial charge in [-0.15, -0.1) is 5.10 Å². The minimum Gasteiger partial charge on any atom is -0.313 e. The molecular weight excluding hydrogens is 220 g/mol. The van der Waals surface area contributed by atoms with Gasteiger partial charge in [0, 0.05) is 11.8 Å². The molecule has 0 aromatic carbocycles. The second-order valence-corrected chi connectivity index (χ2v) is 4.94. The van der Waals surface area contributed by atoms with Gasteiger partial charge in [-0.2, -0.15) is 0 Å². The van der Waals surface area contributed by atoms with Crippen LogP contribution in [0.5, 0.6) is 0 Å². The molecule has 0 fully saturated rings. The van der Waals surface area contributed by atoms with Crippen molar-refractivity contribution < 1.29 is 0 Å². The standard InChI is InChI=1S/C11H22N4S/c1-4-6-10(12-7-5-2)8-16-11-13-9(3)14-15-11/h10,12H,4-8H2,1-3H3,(H,13,14,15). The molecule has 0 radical (unpaired) electrons. The van der Waals surface area contributed by atoms with E-state index in [0.717, 1.165) is 23.3 Å². The topological polar surface area (TPSA) is 53.6 Å². The quantitative estimate of drug-likeness (QED) is 0.687. The van der Waals surface area contributed by atoms with Crippen molar-refractivity contribution in [2.75, 3.05) is 12.3 Å². The van der Waals surface area contributed by atoms with Gasteiger partial charge in [0.15, 0.2) is 0 Å². The first-order chi connectivity index (χ1) is 7.76. The average molecular weight is 242 g/mol. The first kappa shape index (κ1) is 13.5. The summed E-state index contributed by atoms with van der Waals surface area (Å²) in [6.07, 6.45) is 3.62. The molecule has 1 aromatic heterocycles. The zero-order valence-electron chi connectivity index (χ0n) is 10.4. The molecule has 0 aliphatic heterocycles. The number of thioether (sulfide) groups is 1. The molecule has 5 heteroatoms. The lowest BCUT2D eigenvalue weighted by Gasteiger charge is -2.16. The number of hydrogen-bond donors (Lipinski definition) is 2. The van der Waals surface area contributed by atoms with E-state index in [2.05, 4.69) is 34.3 Å². The maximum Gasteiger partial charge on any atom is 0.208 e. The molecule has 0 saturated carbocycles. The largest absolute Gasteiger partial charge is 0.313 e. The van der Waals surface area contributed by atoms with Crippen LogP contribution in [0.4, 0.5) is 0 Å². The molecule has 0 aliphatic carbocycles. The van der Waals surface area contributed by atoms with Gasteiger partial charge in [0.25, 0.3) is 0 Å². The van der Waals surface area contributed by atoms with Gasteiger partial charge < -0.3 is 5.32 Å². The zero-order valence-corrected chi connectivity index (χ0v) is 11.2. The number of nitrogens with zero attached hydrogens (tertiary/aromatic N) is 2. The van der Waals surface area contributed by atoms with E-state index in [4.69, 9.17) is 0 Å². The van der Waals surface area contributed by atoms with E-state index in [9.17, 15) is 0 Å². The molecule has 0 amide bonds. The van der Waals surface area contributed by atoms with Crippen molar-refractivity contribution in [3.63, 3.8) is 0 Å². The molecule has 0 bridgehead atoms. The highest BCUT2D eigenvalue weighted by molar-refractivity contribution is 7.99. The number of aromatic nitrogens is 3. The second kappa shape index (κ2) is 7.68. The van der Waals surface area contributed by atoms with Gasteiger partial charge in [0.05, 0.1) is 0 Å². The first-order valence-corrected chi connectivity index (χ1v) is 7.00. The summed E-state index contributed by atoms with van der Waals surface area (Å²) in [6, 6.07) is 0.578. The average Bonchev–Trinajstić information content (AvgIpc) is 2.68. The summed E-state index contributed by atoms with van der Waals surface area (Å²) in [7, 11) is 0. The van der Waals surface area contributed by atoms with Crippen LogP contribution >= 0.6 is 11.8 Å². The lowest BCUT2D eigenvalue weighted by Crippen LogP contribution is -2.31. The summed E-state index contributed by atoms with van der Waals surface area (Å²) in [5.41, 5.74) is 0. The monoisotopic (exact) mass is 242 g/mol. The summed E-state index contributed by atoms with van der Waals surface area (Å²) >= 11 is 1.72. The third kappa shape index (κ3) is 4.99. The zero-order chi connectivity index (χ0) is 11.8. The Bertz CT molecular complexity index is 287. The van der Waals surface area contributed by atoms with Crippen LogP contribution in [-0.4, -0.2) is 33.5 Å². The fourth-order valence-electron chi connectivity index (χ4n) is 1.50. The predicted molar refractivity (Wildman–Crippen MR) is 68.8 cm³/mol. The molecule has 1 aromatic rings. The third-order valence-electron chi connectivity index (χ3n) is 2.31. The van der Waals surface area contributed by atoms with Crippen molar-refractivity contribution in [3.8, 4) is 0 Å². The maximum absolute atomic E-state index is 4.29. The number of rotatable bonds is 8. The van der Waals surface area contributed by atoms with E-state index in [1.807, 2.05) is 6.92 Å². The Morgan fingerprint density at radius 2 is 2.19 bits per heavy atom. The summed E-state index contributed by atoms with van der Waals surface area (Å²) in [6.45, 7) is 7.44. The van der Waals surface area contributed by atoms with Crippen LogP contribution in [0, 0.1) is 6.92 Å². The van der Waals surface area contributed by atoms with Gasteiger partial charge in [-0.1, -0.05) is 32.0 Å². The van der Waals surface area contributed by atoms with Crippen LogP contribution in [-0.2, 0) is 0 Å². The van der Waals surface area contributed by atoms with Gasteiger partial charge in [-0.3, -0.25) is 5.10 Å². The van der Waals surface area contributed by atoms with Gasteiger partial charge in [-0.05, 0) is 26.3 Å². The Kier molecular flexibility index (Phi) is 6.49. The summed E-state index contributed by atoms with van der Waals surface area (Å²) < 4.78 is 0. The van der Waals surface area contributed by atoms with Crippen molar-refractivity contribution in [3.05, 3.63) is 5.82 Å². The normalized spacial score (nSPS) is 12.9. The number of H-pyrrole nitrogens is 1. The Hall–Kier alpha value is -0.550. The fourth-order valence-corrected chi connectivity index (χ4v) is 2.45. The highest BCUT2D eigenvalue weighted by Crippen LogP contribution is 2.15. The van der Waals surface area contributed by atoms with Crippen LogP contribution in [0.25, 0.3) is 0 Å². The molecule has 0 spiro atoms. The van der Waals surface area contributed by atoms with E-state index >= 15 is 0 Å². The van der Waals surface area contributed by atoms with E-state index in [0.29, 0.717) is 6.04 Å². The highest BCUT2D eigenvalue weighted by Gasteiger charge is 2.09. The predicted octanol–water partition coefficient (Wildman–Crippen LogP) is 2.37. The molecule has 92 valence electrons. The Morgan fingerprint density at radius 1 is 1.38 bits per heavy atom. The molecular formula is C11H22N4S. The van der Waals surface area contributed by atoms with Crippen molar-refractivity contribution in [2.24, 2.45) is 0 Å². The second-order valence-electron chi connectivity index (χ2n) is 3.95. The molecule has 0 aliphatic rings. The van der Waals surface area contributed by atoms with Gasteiger partial charge in [0.1, 0.15) is 5.82 Å². The SMILES string of the molecule is CCCNC(CCC)CSc1n[nH]c(C)n1. The van der Waals surface area contributed by atoms with Gasteiger partial charge in [0.2, 0.25) is 5.16 Å². The summed E-state index contributed by atoms with van der Waals surface area (Å²) in [5.74, 6) is 1.93. The van der Waals surface area contributed by atoms with Gasteiger partial charge in [-0.25, -0.2) is 4.98 Å². The van der Waals surface area contributed by atoms with E-state index in [1.54, 1.807) is 11.8 Å². The van der Waals surface area contributed by atoms with Crippen molar-refractivity contribution in [1.82, 2.24) is 20.5 Å². The van der Waals surface area contributed by atoms with E-state index in [1.165, 1.54) is 19.3 Å². The molecule has 16 heavy (non-hydrogen) atoms. The highest BCUT2D eigenvalue weighted by atomic mass is 32.2. The smallest absolute Gasteiger partial charge is 0.208 e. The van der Waals surface area contributed by atoms with Crippen LogP contribution in [0.1, 0.15) is 38.9 Å². The van der Waals surface area contributed by atoms with Crippen LogP contribution in [0.3, 0.4) is 0 Å². The Labute approximate surface area is 102 Å². The number of hydrogen-bond acceptors (Lipinski definition) is 4. The van der Waals surface area contributed by atoms with Crippen LogP contribution < -0.4 is 5.32 Å².